The molecule has 76 heavy (non-hydrogen) atoms. The molecule has 5 heterocycles. The van der Waals surface area contributed by atoms with Gasteiger partial charge < -0.3 is 17.8 Å². The summed E-state index contributed by atoms with van der Waals surface area (Å²) >= 11 is 0. The van der Waals surface area contributed by atoms with Crippen molar-refractivity contribution in [2.45, 2.75) is 0 Å². The Morgan fingerprint density at radius 1 is 0.250 bits per heavy atom. The molecule has 0 N–H and O–H groups in total. The first-order valence-corrected chi connectivity index (χ1v) is 25.5. The normalized spacial score (nSPS) is 11.9. The van der Waals surface area contributed by atoms with Gasteiger partial charge in [-0.05, 0) is 118 Å². The van der Waals surface area contributed by atoms with Crippen molar-refractivity contribution in [1.82, 2.24) is 19.5 Å². The van der Waals surface area contributed by atoms with E-state index in [1.807, 2.05) is 60.7 Å². The fourth-order valence-corrected chi connectivity index (χ4v) is 11.6. The van der Waals surface area contributed by atoms with Crippen LogP contribution in [-0.2, 0) is 0 Å². The van der Waals surface area contributed by atoms with Gasteiger partial charge in [0, 0.05) is 65.5 Å². The molecule has 0 aliphatic carbocycles. The lowest BCUT2D eigenvalue weighted by atomic mass is 9.96. The predicted molar refractivity (Wildman–Crippen MR) is 309 cm³/mol. The van der Waals surface area contributed by atoms with Crippen LogP contribution in [0.1, 0.15) is 0 Å². The first-order chi connectivity index (χ1) is 37.6. The van der Waals surface area contributed by atoms with E-state index in [-0.39, 0.29) is 0 Å². The van der Waals surface area contributed by atoms with Gasteiger partial charge in [-0.25, -0.2) is 15.0 Å². The summed E-state index contributed by atoms with van der Waals surface area (Å²) in [4.78, 5) is 15.8. The summed E-state index contributed by atoms with van der Waals surface area (Å²) in [5, 5.41) is 8.53. The number of rotatable bonds is 7. The van der Waals surface area contributed by atoms with Crippen LogP contribution in [0.25, 0.3) is 161 Å². The van der Waals surface area contributed by atoms with E-state index in [9.17, 15) is 0 Å². The fourth-order valence-electron chi connectivity index (χ4n) is 11.6. The number of hydrogen-bond donors (Lipinski definition) is 0. The first kappa shape index (κ1) is 42.2. The second kappa shape index (κ2) is 16.6. The summed E-state index contributed by atoms with van der Waals surface area (Å²) in [6, 6.07) is 84.4. The Kier molecular flexibility index (Phi) is 9.20. The second-order valence-electron chi connectivity index (χ2n) is 19.4. The van der Waals surface area contributed by atoms with Gasteiger partial charge >= 0.3 is 0 Å². The zero-order chi connectivity index (χ0) is 49.8. The number of benzene rings is 11. The first-order valence-electron chi connectivity index (χ1n) is 25.5. The molecule has 0 saturated heterocycles. The van der Waals surface area contributed by atoms with Crippen molar-refractivity contribution >= 4 is 87.6 Å². The minimum absolute atomic E-state index is 0.534. The molecule has 354 valence electrons. The lowest BCUT2D eigenvalue weighted by Gasteiger charge is -2.11. The number of para-hydroxylation sites is 3. The monoisotopic (exact) mass is 972 g/mol. The highest BCUT2D eigenvalue weighted by atomic mass is 16.3. The highest BCUT2D eigenvalue weighted by Crippen LogP contribution is 2.44. The smallest absolute Gasteiger partial charge is 0.164 e. The zero-order valence-electron chi connectivity index (χ0n) is 40.6. The Balaban J connectivity index is 0.832. The molecule has 16 aromatic rings. The maximum atomic E-state index is 6.73. The quantitative estimate of drug-likeness (QED) is 0.158. The van der Waals surface area contributed by atoms with E-state index in [1.54, 1.807) is 0 Å². The van der Waals surface area contributed by atoms with E-state index >= 15 is 0 Å². The largest absolute Gasteiger partial charge is 0.456 e. The van der Waals surface area contributed by atoms with Crippen LogP contribution in [0.2, 0.25) is 0 Å². The van der Waals surface area contributed by atoms with Crippen LogP contribution in [-0.4, -0.2) is 19.5 Å². The molecule has 16 rings (SSSR count). The number of furan rings is 3. The van der Waals surface area contributed by atoms with Gasteiger partial charge in [0.05, 0.1) is 11.0 Å². The Morgan fingerprint density at radius 2 is 0.776 bits per heavy atom. The van der Waals surface area contributed by atoms with Crippen LogP contribution in [0.4, 0.5) is 0 Å². The number of aromatic nitrogens is 4. The van der Waals surface area contributed by atoms with Crippen LogP contribution in [0.15, 0.2) is 256 Å². The molecule has 0 radical (unpaired) electrons. The molecular formula is C69H40N4O3. The van der Waals surface area contributed by atoms with Crippen molar-refractivity contribution in [3.63, 3.8) is 0 Å². The third-order valence-electron chi connectivity index (χ3n) is 15.1. The SMILES string of the molecule is c1ccc(-c2nc(-c3cc(-c4ccccc4)c4c(c3)oc3ccccc34)nc(-c3cccc4oc5ccc(-c6cccc7oc8cc(-c9ccc%10c(c9)c9ccccc9n%10-c9ccccc9)ccc8c67)cc5c34)n2)cc1. The molecule has 0 atom stereocenters. The molecular weight excluding hydrogens is 933 g/mol. The fraction of sp³-hybridized carbons (Fsp3) is 0. The molecule has 0 fully saturated rings. The summed E-state index contributed by atoms with van der Waals surface area (Å²) in [6.07, 6.45) is 0. The number of nitrogens with zero attached hydrogens (tertiary/aromatic N) is 4. The lowest BCUT2D eigenvalue weighted by molar-refractivity contribution is 0.668. The number of hydrogen-bond acceptors (Lipinski definition) is 6. The summed E-state index contributed by atoms with van der Waals surface area (Å²) in [7, 11) is 0. The molecule has 7 heteroatoms. The molecule has 0 spiro atoms. The zero-order valence-corrected chi connectivity index (χ0v) is 40.6. The topological polar surface area (TPSA) is 83.0 Å². The van der Waals surface area contributed by atoms with Crippen LogP contribution >= 0.6 is 0 Å². The van der Waals surface area contributed by atoms with Crippen molar-refractivity contribution in [3.05, 3.63) is 243 Å². The van der Waals surface area contributed by atoms with E-state index in [0.717, 1.165) is 122 Å². The highest BCUT2D eigenvalue weighted by Gasteiger charge is 2.23. The minimum Gasteiger partial charge on any atom is -0.456 e. The molecule has 0 aliphatic rings. The predicted octanol–water partition coefficient (Wildman–Crippen LogP) is 18.7. The maximum Gasteiger partial charge on any atom is 0.164 e. The number of fused-ring (bicyclic) bond motifs is 12. The van der Waals surface area contributed by atoms with Crippen molar-refractivity contribution in [2.24, 2.45) is 0 Å². The van der Waals surface area contributed by atoms with Crippen molar-refractivity contribution < 1.29 is 13.3 Å². The standard InChI is InChI=1S/C69H40N4O3/c1-4-16-41(17-5-1)53-38-46(40-63-65(53)50-23-11-13-27-58(50)75-63)68-70-67(42-18-6-2-7-19-42)71-69(72-68)52-25-15-29-61-66(52)55-37-45(32-35-59(55)74-61)48-24-14-28-60-64(48)51-33-30-44(39-62(51)76-60)43-31-34-57-54(36-43)49-22-10-12-26-56(49)73(57)47-20-8-3-9-21-47/h1-40H. The van der Waals surface area contributed by atoms with Gasteiger partial charge in [0.1, 0.15) is 33.5 Å². The molecule has 0 unspecified atom stereocenters. The van der Waals surface area contributed by atoms with E-state index in [1.165, 1.54) is 21.8 Å². The van der Waals surface area contributed by atoms with Gasteiger partial charge in [-0.1, -0.05) is 158 Å². The molecule has 0 amide bonds. The van der Waals surface area contributed by atoms with Crippen molar-refractivity contribution in [2.75, 3.05) is 0 Å². The second-order valence-corrected chi connectivity index (χ2v) is 19.4. The van der Waals surface area contributed by atoms with Gasteiger partial charge in [-0.2, -0.15) is 0 Å². The summed E-state index contributed by atoms with van der Waals surface area (Å²) in [5.41, 5.74) is 17.2. The maximum absolute atomic E-state index is 6.73. The molecule has 0 saturated carbocycles. The van der Waals surface area contributed by atoms with E-state index in [4.69, 9.17) is 28.2 Å². The third-order valence-corrected chi connectivity index (χ3v) is 15.1. The van der Waals surface area contributed by atoms with E-state index in [0.29, 0.717) is 17.5 Å². The van der Waals surface area contributed by atoms with Crippen LogP contribution in [0.5, 0.6) is 0 Å². The minimum atomic E-state index is 0.534. The average Bonchev–Trinajstić information content (AvgIpc) is 4.32. The lowest BCUT2D eigenvalue weighted by Crippen LogP contribution is -2.00. The summed E-state index contributed by atoms with van der Waals surface area (Å²) in [6.45, 7) is 0. The van der Waals surface area contributed by atoms with Gasteiger partial charge in [0.2, 0.25) is 0 Å². The Labute approximate surface area is 434 Å². The van der Waals surface area contributed by atoms with Crippen LogP contribution in [0, 0.1) is 0 Å². The average molecular weight is 973 g/mol. The Hall–Kier alpha value is -10.4. The van der Waals surface area contributed by atoms with Crippen molar-refractivity contribution in [1.29, 1.82) is 0 Å². The van der Waals surface area contributed by atoms with Gasteiger partial charge in [-0.15, -0.1) is 0 Å². The molecule has 0 bridgehead atoms. The third kappa shape index (κ3) is 6.59. The molecule has 0 aliphatic heterocycles. The Morgan fingerprint density at radius 3 is 1.59 bits per heavy atom. The van der Waals surface area contributed by atoms with Crippen molar-refractivity contribution in [3.8, 4) is 73.2 Å². The van der Waals surface area contributed by atoms with Gasteiger partial charge in [-0.3, -0.25) is 0 Å². The van der Waals surface area contributed by atoms with E-state index in [2.05, 4.69) is 187 Å². The summed E-state index contributed by atoms with van der Waals surface area (Å²) in [5.74, 6) is 1.63. The Bertz CT molecular complexity index is 4990. The molecule has 11 aromatic carbocycles. The molecule has 5 aromatic heterocycles. The molecule has 7 nitrogen and oxygen atoms in total. The van der Waals surface area contributed by atoms with Crippen LogP contribution < -0.4 is 0 Å². The van der Waals surface area contributed by atoms with E-state index < -0.39 is 0 Å². The van der Waals surface area contributed by atoms with Gasteiger partial charge in [0.15, 0.2) is 17.5 Å². The van der Waals surface area contributed by atoms with Crippen LogP contribution in [0.3, 0.4) is 0 Å². The highest BCUT2D eigenvalue weighted by molar-refractivity contribution is 6.17. The van der Waals surface area contributed by atoms with Gasteiger partial charge in [0.25, 0.3) is 0 Å². The summed E-state index contributed by atoms with van der Waals surface area (Å²) < 4.78 is 22.3.